The van der Waals surface area contributed by atoms with E-state index in [2.05, 4.69) is 29.2 Å². The highest BCUT2D eigenvalue weighted by Crippen LogP contribution is 2.05. The zero-order valence-electron chi connectivity index (χ0n) is 11.1. The maximum absolute atomic E-state index is 5.67. The monoisotopic (exact) mass is 256 g/mol. The van der Waals surface area contributed by atoms with Crippen LogP contribution in [0.25, 0.3) is 0 Å². The second-order valence-corrected chi connectivity index (χ2v) is 4.50. The van der Waals surface area contributed by atoms with Gasteiger partial charge in [-0.2, -0.15) is 0 Å². The number of rotatable bonds is 7. The van der Waals surface area contributed by atoms with Gasteiger partial charge in [0.25, 0.3) is 0 Å². The van der Waals surface area contributed by atoms with Gasteiger partial charge in [0, 0.05) is 19.3 Å². The molecule has 0 radical (unpaired) electrons. The van der Waals surface area contributed by atoms with Crippen molar-refractivity contribution in [2.45, 2.75) is 26.0 Å². The smallest absolute Gasteiger partial charge is 0.0718 e. The molecule has 3 heteroatoms. The summed E-state index contributed by atoms with van der Waals surface area (Å²) in [7, 11) is 0. The summed E-state index contributed by atoms with van der Waals surface area (Å²) in [5.74, 6) is 0. The van der Waals surface area contributed by atoms with Crippen molar-refractivity contribution < 1.29 is 4.74 Å². The number of hydrogen-bond acceptors (Lipinski definition) is 3. The standard InChI is InChI=1S/C16H20N2O/c17-12-16-11-15(8-9-18-16)13-19-10-4-7-14-5-2-1-3-6-14/h1-3,5-6,8-9,11H,4,7,10,12-13,17H2. The molecule has 1 aromatic carbocycles. The first kappa shape index (κ1) is 13.7. The van der Waals surface area contributed by atoms with Gasteiger partial charge in [-0.15, -0.1) is 0 Å². The molecule has 2 rings (SSSR count). The highest BCUT2D eigenvalue weighted by Gasteiger charge is 1.97. The topological polar surface area (TPSA) is 48.1 Å². The molecule has 0 aliphatic carbocycles. The number of ether oxygens (including phenoxy) is 1. The highest BCUT2D eigenvalue weighted by molar-refractivity contribution is 5.15. The number of aromatic nitrogens is 1. The van der Waals surface area contributed by atoms with E-state index in [1.54, 1.807) is 6.20 Å². The Morgan fingerprint density at radius 3 is 2.68 bits per heavy atom. The molecule has 1 aromatic heterocycles. The lowest BCUT2D eigenvalue weighted by atomic mass is 10.1. The third-order valence-electron chi connectivity index (χ3n) is 2.96. The quantitative estimate of drug-likeness (QED) is 0.775. The summed E-state index contributed by atoms with van der Waals surface area (Å²) in [6.45, 7) is 1.88. The van der Waals surface area contributed by atoms with Gasteiger partial charge in [0.05, 0.1) is 12.3 Å². The summed E-state index contributed by atoms with van der Waals surface area (Å²) < 4.78 is 5.67. The Kier molecular flexibility index (Phi) is 5.53. The lowest BCUT2D eigenvalue weighted by Gasteiger charge is -2.05. The molecule has 2 N–H and O–H groups in total. The fourth-order valence-corrected chi connectivity index (χ4v) is 1.94. The summed E-state index contributed by atoms with van der Waals surface area (Å²) in [5, 5.41) is 0. The minimum Gasteiger partial charge on any atom is -0.377 e. The van der Waals surface area contributed by atoms with E-state index in [0.29, 0.717) is 13.2 Å². The van der Waals surface area contributed by atoms with Crippen molar-refractivity contribution >= 4 is 0 Å². The van der Waals surface area contributed by atoms with E-state index in [1.165, 1.54) is 5.56 Å². The van der Waals surface area contributed by atoms with Crippen molar-refractivity contribution in [3.05, 3.63) is 65.5 Å². The SMILES string of the molecule is NCc1cc(COCCCc2ccccc2)ccn1. The van der Waals surface area contributed by atoms with E-state index in [-0.39, 0.29) is 0 Å². The molecule has 2 aromatic rings. The molecule has 0 atom stereocenters. The molecule has 0 aliphatic heterocycles. The second kappa shape index (κ2) is 7.67. The van der Waals surface area contributed by atoms with Crippen LogP contribution in [0.1, 0.15) is 23.2 Å². The van der Waals surface area contributed by atoms with Crippen LogP contribution in [0.15, 0.2) is 48.7 Å². The van der Waals surface area contributed by atoms with Gasteiger partial charge in [0.2, 0.25) is 0 Å². The van der Waals surface area contributed by atoms with E-state index in [9.17, 15) is 0 Å². The summed E-state index contributed by atoms with van der Waals surface area (Å²) in [4.78, 5) is 4.16. The Hall–Kier alpha value is -1.71. The largest absolute Gasteiger partial charge is 0.377 e. The number of benzene rings is 1. The molecule has 100 valence electrons. The zero-order valence-corrected chi connectivity index (χ0v) is 11.1. The molecule has 3 nitrogen and oxygen atoms in total. The van der Waals surface area contributed by atoms with Crippen molar-refractivity contribution in [3.8, 4) is 0 Å². The van der Waals surface area contributed by atoms with Crippen LogP contribution in [-0.2, 0) is 24.3 Å². The second-order valence-electron chi connectivity index (χ2n) is 4.50. The van der Waals surface area contributed by atoms with Crippen molar-refractivity contribution in [2.75, 3.05) is 6.61 Å². The summed E-state index contributed by atoms with van der Waals surface area (Å²) >= 11 is 0. The number of hydrogen-bond donors (Lipinski definition) is 1. The maximum atomic E-state index is 5.67. The van der Waals surface area contributed by atoms with Gasteiger partial charge < -0.3 is 10.5 Å². The normalized spacial score (nSPS) is 10.6. The first-order valence-corrected chi connectivity index (χ1v) is 6.64. The Bertz CT molecular complexity index is 485. The van der Waals surface area contributed by atoms with Crippen LogP contribution in [0.5, 0.6) is 0 Å². The third-order valence-corrected chi connectivity index (χ3v) is 2.96. The lowest BCUT2D eigenvalue weighted by Crippen LogP contribution is -2.02. The van der Waals surface area contributed by atoms with E-state index >= 15 is 0 Å². The predicted molar refractivity (Wildman–Crippen MR) is 76.5 cm³/mol. The Balaban J connectivity index is 1.66. The molecular formula is C16H20N2O. The van der Waals surface area contributed by atoms with E-state index in [4.69, 9.17) is 10.5 Å². The number of aryl methyl sites for hydroxylation is 1. The fraction of sp³-hybridized carbons (Fsp3) is 0.312. The van der Waals surface area contributed by atoms with Crippen molar-refractivity contribution in [1.29, 1.82) is 0 Å². The third kappa shape index (κ3) is 4.81. The Labute approximate surface area is 114 Å². The maximum Gasteiger partial charge on any atom is 0.0718 e. The molecule has 0 amide bonds. The minimum absolute atomic E-state index is 0.474. The van der Waals surface area contributed by atoms with Gasteiger partial charge in [-0.3, -0.25) is 4.98 Å². The van der Waals surface area contributed by atoms with Crippen LogP contribution in [-0.4, -0.2) is 11.6 Å². The summed E-state index contributed by atoms with van der Waals surface area (Å²) in [5.41, 5.74) is 8.96. The molecular weight excluding hydrogens is 236 g/mol. The average molecular weight is 256 g/mol. The van der Waals surface area contributed by atoms with Crippen LogP contribution in [0.3, 0.4) is 0 Å². The molecule has 0 aliphatic rings. The van der Waals surface area contributed by atoms with Crippen LogP contribution in [0.4, 0.5) is 0 Å². The molecule has 0 unspecified atom stereocenters. The Morgan fingerprint density at radius 2 is 1.89 bits per heavy atom. The minimum atomic E-state index is 0.474. The van der Waals surface area contributed by atoms with Crippen molar-refractivity contribution in [1.82, 2.24) is 4.98 Å². The number of nitrogens with zero attached hydrogens (tertiary/aromatic N) is 1. The van der Waals surface area contributed by atoms with Gasteiger partial charge in [0.1, 0.15) is 0 Å². The summed E-state index contributed by atoms with van der Waals surface area (Å²) in [6, 6.07) is 14.4. The molecule has 19 heavy (non-hydrogen) atoms. The molecule has 0 saturated heterocycles. The van der Waals surface area contributed by atoms with Crippen LogP contribution in [0.2, 0.25) is 0 Å². The van der Waals surface area contributed by atoms with Gasteiger partial charge >= 0.3 is 0 Å². The van der Waals surface area contributed by atoms with Gasteiger partial charge in [-0.25, -0.2) is 0 Å². The van der Waals surface area contributed by atoms with Crippen LogP contribution < -0.4 is 5.73 Å². The highest BCUT2D eigenvalue weighted by atomic mass is 16.5. The predicted octanol–water partition coefficient (Wildman–Crippen LogP) is 2.69. The molecule has 0 fully saturated rings. The van der Waals surface area contributed by atoms with E-state index in [1.807, 2.05) is 18.2 Å². The van der Waals surface area contributed by atoms with Crippen LogP contribution >= 0.6 is 0 Å². The Morgan fingerprint density at radius 1 is 1.05 bits per heavy atom. The first-order valence-electron chi connectivity index (χ1n) is 6.64. The van der Waals surface area contributed by atoms with Crippen molar-refractivity contribution in [2.24, 2.45) is 5.73 Å². The zero-order chi connectivity index (χ0) is 13.3. The molecule has 0 saturated carbocycles. The average Bonchev–Trinajstić information content (AvgIpc) is 2.48. The van der Waals surface area contributed by atoms with E-state index in [0.717, 1.165) is 30.7 Å². The lowest BCUT2D eigenvalue weighted by molar-refractivity contribution is 0.118. The van der Waals surface area contributed by atoms with Gasteiger partial charge in [-0.05, 0) is 36.1 Å². The fourth-order valence-electron chi connectivity index (χ4n) is 1.94. The van der Waals surface area contributed by atoms with Gasteiger partial charge in [0.15, 0.2) is 0 Å². The van der Waals surface area contributed by atoms with E-state index < -0.39 is 0 Å². The van der Waals surface area contributed by atoms with Crippen LogP contribution in [0, 0.1) is 0 Å². The number of pyridine rings is 1. The van der Waals surface area contributed by atoms with Crippen molar-refractivity contribution in [3.63, 3.8) is 0 Å². The first-order chi connectivity index (χ1) is 9.38. The molecule has 1 heterocycles. The molecule has 0 bridgehead atoms. The number of nitrogens with two attached hydrogens (primary N) is 1. The summed E-state index contributed by atoms with van der Waals surface area (Å²) in [6.07, 6.45) is 3.88. The molecule has 0 spiro atoms. The van der Waals surface area contributed by atoms with Gasteiger partial charge in [-0.1, -0.05) is 30.3 Å².